The second kappa shape index (κ2) is 24.8. The fourth-order valence-electron chi connectivity index (χ4n) is 4.29. The van der Waals surface area contributed by atoms with E-state index in [4.69, 9.17) is 0 Å². The maximum atomic E-state index is 3.82. The standard InChI is InChI=1S/C28H56/c1-4-6-8-9-10-11-12-13-14-15-16-17-18-19-20-21-22-23-24-25-27-28(3)26-7-5-2/h5,28H,2,4,6-27H2,1,3H3. The SMILES string of the molecule is C=CCCC(C)CCCCCCCCCCCCCCCCCCCCCC. The number of hydrogen-bond donors (Lipinski definition) is 0. The lowest BCUT2D eigenvalue weighted by molar-refractivity contribution is 0.456. The maximum Gasteiger partial charge on any atom is -0.0351 e. The van der Waals surface area contributed by atoms with E-state index in [2.05, 4.69) is 26.5 Å². The first-order valence-electron chi connectivity index (χ1n) is 13.4. The summed E-state index contributed by atoms with van der Waals surface area (Å²) >= 11 is 0. The molecule has 0 aromatic heterocycles. The largest absolute Gasteiger partial charge is 0.103 e. The summed E-state index contributed by atoms with van der Waals surface area (Å²) < 4.78 is 0. The lowest BCUT2D eigenvalue weighted by Crippen LogP contribution is -1.93. The van der Waals surface area contributed by atoms with E-state index in [0.29, 0.717) is 0 Å². The fraction of sp³-hybridized carbons (Fsp3) is 0.929. The van der Waals surface area contributed by atoms with Gasteiger partial charge in [-0.2, -0.15) is 0 Å². The molecule has 0 aliphatic rings. The van der Waals surface area contributed by atoms with E-state index in [0.717, 1.165) is 5.92 Å². The van der Waals surface area contributed by atoms with Crippen molar-refractivity contribution in [2.24, 2.45) is 5.92 Å². The van der Waals surface area contributed by atoms with Crippen molar-refractivity contribution in [3.05, 3.63) is 12.7 Å². The minimum absolute atomic E-state index is 0.897. The Hall–Kier alpha value is -0.260. The molecule has 0 aromatic carbocycles. The Balaban J connectivity index is 3.04. The summed E-state index contributed by atoms with van der Waals surface area (Å²) in [6.07, 6.45) is 35.4. The monoisotopic (exact) mass is 392 g/mol. The molecule has 0 heterocycles. The molecule has 0 bridgehead atoms. The Morgan fingerprint density at radius 1 is 0.500 bits per heavy atom. The van der Waals surface area contributed by atoms with Gasteiger partial charge < -0.3 is 0 Å². The van der Waals surface area contributed by atoms with Crippen molar-refractivity contribution in [1.29, 1.82) is 0 Å². The number of hydrogen-bond acceptors (Lipinski definition) is 0. The van der Waals surface area contributed by atoms with Gasteiger partial charge in [0.15, 0.2) is 0 Å². The highest BCUT2D eigenvalue weighted by Crippen LogP contribution is 2.17. The molecule has 1 atom stereocenters. The zero-order valence-corrected chi connectivity index (χ0v) is 20.1. The van der Waals surface area contributed by atoms with Crippen molar-refractivity contribution >= 4 is 0 Å². The highest BCUT2D eigenvalue weighted by Gasteiger charge is 2.00. The molecule has 0 N–H and O–H groups in total. The average molecular weight is 393 g/mol. The van der Waals surface area contributed by atoms with Gasteiger partial charge in [-0.15, -0.1) is 6.58 Å². The first kappa shape index (κ1) is 27.7. The van der Waals surface area contributed by atoms with Crippen LogP contribution in [-0.4, -0.2) is 0 Å². The highest BCUT2D eigenvalue weighted by atomic mass is 14.1. The molecule has 0 amide bonds. The van der Waals surface area contributed by atoms with Gasteiger partial charge in [-0.1, -0.05) is 155 Å². The van der Waals surface area contributed by atoms with E-state index in [-0.39, 0.29) is 0 Å². The second-order valence-electron chi connectivity index (χ2n) is 9.48. The normalized spacial score (nSPS) is 12.4. The van der Waals surface area contributed by atoms with Gasteiger partial charge in [-0.3, -0.25) is 0 Å². The van der Waals surface area contributed by atoms with Gasteiger partial charge in [0.05, 0.1) is 0 Å². The summed E-state index contributed by atoms with van der Waals surface area (Å²) in [5.41, 5.74) is 0. The summed E-state index contributed by atoms with van der Waals surface area (Å²) in [5, 5.41) is 0. The smallest absolute Gasteiger partial charge is 0.0351 e. The lowest BCUT2D eigenvalue weighted by Gasteiger charge is -2.09. The predicted octanol–water partition coefficient (Wildman–Crippen LogP) is 10.8. The summed E-state index contributed by atoms with van der Waals surface area (Å²) in [7, 11) is 0. The topological polar surface area (TPSA) is 0 Å². The molecule has 0 spiro atoms. The summed E-state index contributed by atoms with van der Waals surface area (Å²) in [6, 6.07) is 0. The molecule has 0 saturated heterocycles. The van der Waals surface area contributed by atoms with E-state index >= 15 is 0 Å². The van der Waals surface area contributed by atoms with Crippen molar-refractivity contribution < 1.29 is 0 Å². The van der Waals surface area contributed by atoms with E-state index in [9.17, 15) is 0 Å². The van der Waals surface area contributed by atoms with Gasteiger partial charge >= 0.3 is 0 Å². The van der Waals surface area contributed by atoms with E-state index in [1.807, 2.05) is 0 Å². The Morgan fingerprint density at radius 3 is 1.14 bits per heavy atom. The highest BCUT2D eigenvalue weighted by molar-refractivity contribution is 4.68. The Labute approximate surface area is 180 Å². The van der Waals surface area contributed by atoms with Gasteiger partial charge in [-0.25, -0.2) is 0 Å². The second-order valence-corrected chi connectivity index (χ2v) is 9.48. The zero-order chi connectivity index (χ0) is 20.5. The predicted molar refractivity (Wildman–Crippen MR) is 131 cm³/mol. The Morgan fingerprint density at radius 2 is 0.821 bits per heavy atom. The van der Waals surface area contributed by atoms with Crippen LogP contribution in [0.15, 0.2) is 12.7 Å². The third-order valence-electron chi connectivity index (χ3n) is 6.41. The van der Waals surface area contributed by atoms with Crippen LogP contribution in [0, 0.1) is 5.92 Å². The van der Waals surface area contributed by atoms with Crippen LogP contribution in [0.25, 0.3) is 0 Å². The van der Waals surface area contributed by atoms with Crippen LogP contribution in [0.3, 0.4) is 0 Å². The van der Waals surface area contributed by atoms with Gasteiger partial charge in [-0.05, 0) is 18.8 Å². The lowest BCUT2D eigenvalue weighted by atomic mass is 9.97. The minimum atomic E-state index is 0.897. The van der Waals surface area contributed by atoms with Crippen LogP contribution in [0.5, 0.6) is 0 Å². The molecule has 168 valence electrons. The Kier molecular flexibility index (Phi) is 24.5. The maximum absolute atomic E-state index is 3.82. The van der Waals surface area contributed by atoms with Crippen molar-refractivity contribution in [2.75, 3.05) is 0 Å². The molecule has 0 aliphatic heterocycles. The van der Waals surface area contributed by atoms with Crippen LogP contribution in [0.1, 0.15) is 162 Å². The van der Waals surface area contributed by atoms with Crippen LogP contribution < -0.4 is 0 Å². The molecule has 0 fully saturated rings. The zero-order valence-electron chi connectivity index (χ0n) is 20.1. The number of unbranched alkanes of at least 4 members (excludes halogenated alkanes) is 19. The molecule has 28 heavy (non-hydrogen) atoms. The number of allylic oxidation sites excluding steroid dienone is 1. The van der Waals surface area contributed by atoms with Crippen LogP contribution in [-0.2, 0) is 0 Å². The van der Waals surface area contributed by atoms with Crippen molar-refractivity contribution in [3.8, 4) is 0 Å². The van der Waals surface area contributed by atoms with Crippen LogP contribution in [0.2, 0.25) is 0 Å². The number of rotatable bonds is 24. The summed E-state index contributed by atoms with van der Waals surface area (Å²) in [4.78, 5) is 0. The summed E-state index contributed by atoms with van der Waals surface area (Å²) in [6.45, 7) is 8.53. The molecular formula is C28H56. The first-order valence-corrected chi connectivity index (χ1v) is 13.4. The van der Waals surface area contributed by atoms with Crippen LogP contribution >= 0.6 is 0 Å². The molecule has 0 aromatic rings. The quantitative estimate of drug-likeness (QED) is 0.113. The van der Waals surface area contributed by atoms with Gasteiger partial charge in [0.25, 0.3) is 0 Å². The third-order valence-corrected chi connectivity index (χ3v) is 6.41. The molecule has 0 radical (unpaired) electrons. The molecule has 0 rings (SSSR count). The van der Waals surface area contributed by atoms with E-state index < -0.39 is 0 Å². The van der Waals surface area contributed by atoms with Gasteiger partial charge in [0.1, 0.15) is 0 Å². The Bertz CT molecular complexity index is 280. The molecule has 1 unspecified atom stereocenters. The van der Waals surface area contributed by atoms with Gasteiger partial charge in [0, 0.05) is 0 Å². The first-order chi connectivity index (χ1) is 13.8. The molecule has 0 nitrogen and oxygen atoms in total. The molecule has 0 saturated carbocycles. The molecule has 0 aliphatic carbocycles. The van der Waals surface area contributed by atoms with Gasteiger partial charge in [0.2, 0.25) is 0 Å². The molecular weight excluding hydrogens is 336 g/mol. The van der Waals surface area contributed by atoms with Crippen molar-refractivity contribution in [1.82, 2.24) is 0 Å². The van der Waals surface area contributed by atoms with E-state index in [1.165, 1.54) is 148 Å². The molecule has 0 heteroatoms. The third kappa shape index (κ3) is 23.8. The average Bonchev–Trinajstić information content (AvgIpc) is 2.70. The minimum Gasteiger partial charge on any atom is -0.103 e. The van der Waals surface area contributed by atoms with Crippen molar-refractivity contribution in [2.45, 2.75) is 162 Å². The summed E-state index contributed by atoms with van der Waals surface area (Å²) in [5.74, 6) is 0.897. The van der Waals surface area contributed by atoms with E-state index in [1.54, 1.807) is 0 Å². The fourth-order valence-corrected chi connectivity index (χ4v) is 4.29. The van der Waals surface area contributed by atoms with Crippen LogP contribution in [0.4, 0.5) is 0 Å². The van der Waals surface area contributed by atoms with Crippen molar-refractivity contribution in [3.63, 3.8) is 0 Å².